The molecule has 1 aliphatic rings. The Kier molecular flexibility index (Phi) is 5.50. The van der Waals surface area contributed by atoms with Gasteiger partial charge in [0, 0.05) is 47.1 Å². The highest BCUT2D eigenvalue weighted by Crippen LogP contribution is 2.33. The normalized spacial score (nSPS) is 15.6. The van der Waals surface area contributed by atoms with E-state index < -0.39 is 0 Å². The molecule has 37 heavy (non-hydrogen) atoms. The van der Waals surface area contributed by atoms with Crippen LogP contribution in [-0.4, -0.2) is 48.7 Å². The van der Waals surface area contributed by atoms with Gasteiger partial charge in [-0.2, -0.15) is 5.10 Å². The summed E-state index contributed by atoms with van der Waals surface area (Å²) in [6.45, 7) is 6.09. The molecular formula is C27H23N7O3. The van der Waals surface area contributed by atoms with Gasteiger partial charge in [-0.1, -0.05) is 6.58 Å². The van der Waals surface area contributed by atoms with Gasteiger partial charge in [0.2, 0.25) is 0 Å². The van der Waals surface area contributed by atoms with Crippen LogP contribution in [0.25, 0.3) is 16.6 Å². The molecule has 10 heteroatoms. The van der Waals surface area contributed by atoms with Crippen molar-refractivity contribution in [2.75, 3.05) is 23.4 Å². The lowest BCUT2D eigenvalue weighted by Gasteiger charge is -2.17. The highest BCUT2D eigenvalue weighted by molar-refractivity contribution is 6.09. The van der Waals surface area contributed by atoms with Crippen LogP contribution in [-0.2, 0) is 4.79 Å². The van der Waals surface area contributed by atoms with Crippen molar-refractivity contribution in [3.63, 3.8) is 0 Å². The van der Waals surface area contributed by atoms with E-state index in [1.807, 2.05) is 55.5 Å². The van der Waals surface area contributed by atoms with E-state index >= 15 is 0 Å². The first-order valence-corrected chi connectivity index (χ1v) is 11.7. The molecule has 10 nitrogen and oxygen atoms in total. The predicted molar refractivity (Wildman–Crippen MR) is 139 cm³/mol. The molecule has 4 heterocycles. The summed E-state index contributed by atoms with van der Waals surface area (Å²) < 4.78 is 7.75. The molecule has 0 bridgehead atoms. The maximum Gasteiger partial charge on any atom is 0.254 e. The van der Waals surface area contributed by atoms with Crippen molar-refractivity contribution in [1.82, 2.24) is 24.6 Å². The molecule has 1 aliphatic heterocycles. The average Bonchev–Trinajstić information content (AvgIpc) is 3.49. The number of aromatic nitrogens is 5. The standard InChI is InChI=1S/C27H23N7O3/c1-16-9-19(3-6-24(16)37-21-7-8-34-25(11-21)29-15-31-34)32-26-22-10-20(4-5-23(22)28-14-30-26)33-12-18(13-35)17(2)27(33)36/h3-11,14-15,18,35H,2,12-13H2,1H3,(H,28,30,32). The van der Waals surface area contributed by atoms with Gasteiger partial charge in [0.05, 0.1) is 12.1 Å². The molecule has 2 aromatic carbocycles. The van der Waals surface area contributed by atoms with Crippen LogP contribution in [0, 0.1) is 12.8 Å². The molecule has 1 saturated heterocycles. The van der Waals surface area contributed by atoms with E-state index in [0.29, 0.717) is 35.0 Å². The highest BCUT2D eigenvalue weighted by atomic mass is 16.5. The number of hydrogen-bond donors (Lipinski definition) is 2. The SMILES string of the molecule is C=C1C(=O)N(c2ccc3ncnc(Nc4ccc(Oc5ccn6ncnc6c5)c(C)c4)c3c2)CC1CO. The lowest BCUT2D eigenvalue weighted by Crippen LogP contribution is -2.25. The van der Waals surface area contributed by atoms with E-state index in [4.69, 9.17) is 4.74 Å². The number of ether oxygens (including phenoxy) is 1. The number of aryl methyl sites for hydroxylation is 1. The number of carbonyl (C=O) groups is 1. The Bertz CT molecular complexity index is 1680. The second-order valence-electron chi connectivity index (χ2n) is 8.88. The number of hydrogen-bond acceptors (Lipinski definition) is 8. The first-order valence-electron chi connectivity index (χ1n) is 11.7. The number of carbonyl (C=O) groups excluding carboxylic acids is 1. The van der Waals surface area contributed by atoms with Crippen LogP contribution >= 0.6 is 0 Å². The molecular weight excluding hydrogens is 470 g/mol. The first-order chi connectivity index (χ1) is 18.0. The Morgan fingerprint density at radius 3 is 2.81 bits per heavy atom. The summed E-state index contributed by atoms with van der Waals surface area (Å²) in [4.78, 5) is 27.3. The van der Waals surface area contributed by atoms with Crippen molar-refractivity contribution in [1.29, 1.82) is 0 Å². The highest BCUT2D eigenvalue weighted by Gasteiger charge is 2.34. The quantitative estimate of drug-likeness (QED) is 0.341. The van der Waals surface area contributed by atoms with E-state index in [9.17, 15) is 9.90 Å². The second kappa shape index (κ2) is 8.99. The molecule has 1 amide bonds. The number of aliphatic hydroxyl groups excluding tert-OH is 1. The van der Waals surface area contributed by atoms with E-state index in [1.54, 1.807) is 15.6 Å². The maximum absolute atomic E-state index is 12.7. The molecule has 5 aromatic rings. The minimum Gasteiger partial charge on any atom is -0.457 e. The molecule has 1 fully saturated rings. The van der Waals surface area contributed by atoms with Gasteiger partial charge in [-0.25, -0.2) is 19.5 Å². The Morgan fingerprint density at radius 1 is 1.11 bits per heavy atom. The first kappa shape index (κ1) is 22.6. The Morgan fingerprint density at radius 2 is 2.00 bits per heavy atom. The summed E-state index contributed by atoms with van der Waals surface area (Å²) in [6, 6.07) is 15.0. The molecule has 6 rings (SSSR count). The Labute approximate surface area is 211 Å². The van der Waals surface area contributed by atoms with Crippen molar-refractivity contribution >= 4 is 39.6 Å². The van der Waals surface area contributed by atoms with Gasteiger partial charge in [-0.05, 0) is 55.0 Å². The van der Waals surface area contributed by atoms with Crippen molar-refractivity contribution < 1.29 is 14.6 Å². The van der Waals surface area contributed by atoms with E-state index in [0.717, 1.165) is 27.9 Å². The lowest BCUT2D eigenvalue weighted by molar-refractivity contribution is -0.114. The number of pyridine rings is 1. The van der Waals surface area contributed by atoms with Crippen molar-refractivity contribution in [2.24, 2.45) is 5.92 Å². The van der Waals surface area contributed by atoms with Crippen LogP contribution in [0.15, 0.2) is 79.5 Å². The molecule has 0 radical (unpaired) electrons. The van der Waals surface area contributed by atoms with Crippen LogP contribution < -0.4 is 15.0 Å². The van der Waals surface area contributed by atoms with Gasteiger partial charge >= 0.3 is 0 Å². The topological polar surface area (TPSA) is 118 Å². The minimum absolute atomic E-state index is 0.112. The number of nitrogens with zero attached hydrogens (tertiary/aromatic N) is 6. The molecule has 0 spiro atoms. The van der Waals surface area contributed by atoms with Gasteiger partial charge in [-0.15, -0.1) is 0 Å². The fourth-order valence-electron chi connectivity index (χ4n) is 4.43. The fourth-order valence-corrected chi connectivity index (χ4v) is 4.43. The van der Waals surface area contributed by atoms with Gasteiger partial charge in [-0.3, -0.25) is 4.79 Å². The summed E-state index contributed by atoms with van der Waals surface area (Å²) in [5, 5.41) is 17.8. The average molecular weight is 494 g/mol. The number of fused-ring (bicyclic) bond motifs is 2. The van der Waals surface area contributed by atoms with E-state index in [1.165, 1.54) is 12.7 Å². The largest absolute Gasteiger partial charge is 0.457 e. The zero-order chi connectivity index (χ0) is 25.5. The monoisotopic (exact) mass is 493 g/mol. The van der Waals surface area contributed by atoms with Crippen LogP contribution in [0.3, 0.4) is 0 Å². The summed E-state index contributed by atoms with van der Waals surface area (Å²) in [6.07, 6.45) is 4.79. The van der Waals surface area contributed by atoms with Gasteiger partial charge in [0.25, 0.3) is 5.91 Å². The molecule has 1 unspecified atom stereocenters. The third-order valence-corrected chi connectivity index (χ3v) is 6.48. The minimum atomic E-state index is -0.269. The zero-order valence-corrected chi connectivity index (χ0v) is 20.0. The number of aliphatic hydroxyl groups is 1. The zero-order valence-electron chi connectivity index (χ0n) is 20.0. The molecule has 2 N–H and O–H groups in total. The smallest absolute Gasteiger partial charge is 0.254 e. The number of anilines is 3. The summed E-state index contributed by atoms with van der Waals surface area (Å²) in [5.74, 6) is 1.55. The molecule has 1 atom stereocenters. The molecule has 184 valence electrons. The summed E-state index contributed by atoms with van der Waals surface area (Å²) >= 11 is 0. The number of benzene rings is 2. The van der Waals surface area contributed by atoms with Crippen LogP contribution in [0.2, 0.25) is 0 Å². The molecule has 0 saturated carbocycles. The number of rotatable bonds is 6. The summed E-state index contributed by atoms with van der Waals surface area (Å²) in [5.41, 5.74) is 4.33. The third kappa shape index (κ3) is 4.13. The predicted octanol–water partition coefficient (Wildman–Crippen LogP) is 4.03. The van der Waals surface area contributed by atoms with Crippen molar-refractivity contribution in [2.45, 2.75) is 6.92 Å². The Balaban J connectivity index is 1.26. The van der Waals surface area contributed by atoms with Crippen LogP contribution in [0.1, 0.15) is 5.56 Å². The number of nitrogens with one attached hydrogen (secondary N) is 1. The second-order valence-corrected chi connectivity index (χ2v) is 8.88. The van der Waals surface area contributed by atoms with Gasteiger partial charge < -0.3 is 20.1 Å². The Hall–Kier alpha value is -4.83. The van der Waals surface area contributed by atoms with Gasteiger partial charge in [0.15, 0.2) is 5.65 Å². The fraction of sp³-hybridized carbons (Fsp3) is 0.148. The van der Waals surface area contributed by atoms with Crippen LogP contribution in [0.5, 0.6) is 11.5 Å². The molecule has 0 aliphatic carbocycles. The van der Waals surface area contributed by atoms with E-state index in [2.05, 4.69) is 31.9 Å². The number of amides is 1. The van der Waals surface area contributed by atoms with Crippen molar-refractivity contribution in [3.8, 4) is 11.5 Å². The van der Waals surface area contributed by atoms with Crippen LogP contribution in [0.4, 0.5) is 17.2 Å². The molecule has 3 aromatic heterocycles. The van der Waals surface area contributed by atoms with Crippen molar-refractivity contribution in [3.05, 3.63) is 85.1 Å². The summed E-state index contributed by atoms with van der Waals surface area (Å²) in [7, 11) is 0. The van der Waals surface area contributed by atoms with Gasteiger partial charge in [0.1, 0.15) is 30.0 Å². The maximum atomic E-state index is 12.7. The van der Waals surface area contributed by atoms with E-state index in [-0.39, 0.29) is 18.4 Å². The third-order valence-electron chi connectivity index (χ3n) is 6.48. The lowest BCUT2D eigenvalue weighted by atomic mass is 10.1.